The molecule has 1 aromatic carbocycles. The van der Waals surface area contributed by atoms with E-state index in [-0.39, 0.29) is 12.2 Å². The smallest absolute Gasteiger partial charge is 0.163 e. The quantitative estimate of drug-likeness (QED) is 0.855. The summed E-state index contributed by atoms with van der Waals surface area (Å²) >= 11 is 0. The van der Waals surface area contributed by atoms with Crippen LogP contribution in [0.2, 0.25) is 0 Å². The topological polar surface area (TPSA) is 35.5 Å². The molecule has 0 aromatic heterocycles. The molecule has 1 aliphatic rings. The number of aliphatic hydroxyl groups is 1. The summed E-state index contributed by atoms with van der Waals surface area (Å²) in [4.78, 5) is 2.00. The van der Waals surface area contributed by atoms with Crippen LogP contribution in [-0.2, 0) is 0 Å². The Morgan fingerprint density at radius 1 is 1.28 bits per heavy atom. The van der Waals surface area contributed by atoms with Crippen LogP contribution >= 0.6 is 0 Å². The summed E-state index contributed by atoms with van der Waals surface area (Å²) in [7, 11) is 0. The monoisotopic (exact) mass is 256 g/mol. The average molecular weight is 256 g/mol. The predicted octanol–water partition coefficient (Wildman–Crippen LogP) is 1.29. The summed E-state index contributed by atoms with van der Waals surface area (Å²) in [6.45, 7) is 3.00. The van der Waals surface area contributed by atoms with Gasteiger partial charge in [-0.1, -0.05) is 12.1 Å². The first kappa shape index (κ1) is 13.4. The van der Waals surface area contributed by atoms with Crippen molar-refractivity contribution in [1.29, 1.82) is 0 Å². The second kappa shape index (κ2) is 6.22. The SMILES string of the molecule is OCC(c1cccc(F)c1F)N1CCCNCC1. The lowest BCUT2D eigenvalue weighted by molar-refractivity contribution is 0.126. The zero-order valence-corrected chi connectivity index (χ0v) is 10.2. The standard InChI is InChI=1S/C13H18F2N2O/c14-11-4-1-3-10(13(11)15)12(9-18)17-7-2-5-16-6-8-17/h1,3-4,12,16,18H,2,5-9H2. The lowest BCUT2D eigenvalue weighted by Crippen LogP contribution is -2.34. The minimum Gasteiger partial charge on any atom is -0.394 e. The Bertz CT molecular complexity index is 393. The van der Waals surface area contributed by atoms with E-state index < -0.39 is 17.7 Å². The van der Waals surface area contributed by atoms with Crippen LogP contribution in [0.25, 0.3) is 0 Å². The van der Waals surface area contributed by atoms with Crippen molar-refractivity contribution in [3.8, 4) is 0 Å². The summed E-state index contributed by atoms with van der Waals surface area (Å²) < 4.78 is 27.0. The van der Waals surface area contributed by atoms with E-state index in [0.717, 1.165) is 38.7 Å². The van der Waals surface area contributed by atoms with Gasteiger partial charge in [0.2, 0.25) is 0 Å². The van der Waals surface area contributed by atoms with E-state index in [1.165, 1.54) is 12.1 Å². The first-order chi connectivity index (χ1) is 8.74. The minimum atomic E-state index is -0.862. The first-order valence-electron chi connectivity index (χ1n) is 6.23. The number of hydrogen-bond donors (Lipinski definition) is 2. The molecule has 1 saturated heterocycles. The zero-order chi connectivity index (χ0) is 13.0. The van der Waals surface area contributed by atoms with E-state index in [9.17, 15) is 13.9 Å². The molecule has 2 rings (SSSR count). The first-order valence-corrected chi connectivity index (χ1v) is 6.23. The van der Waals surface area contributed by atoms with Gasteiger partial charge in [-0.3, -0.25) is 4.90 Å². The third-order valence-corrected chi connectivity index (χ3v) is 3.33. The van der Waals surface area contributed by atoms with Crippen LogP contribution in [-0.4, -0.2) is 42.8 Å². The highest BCUT2D eigenvalue weighted by atomic mass is 19.2. The molecule has 0 spiro atoms. The number of aliphatic hydroxyl groups excluding tert-OH is 1. The average Bonchev–Trinajstić information content (AvgIpc) is 2.64. The fourth-order valence-electron chi connectivity index (χ4n) is 2.37. The molecule has 1 fully saturated rings. The van der Waals surface area contributed by atoms with Gasteiger partial charge in [-0.2, -0.15) is 0 Å². The van der Waals surface area contributed by atoms with Crippen molar-refractivity contribution in [3.05, 3.63) is 35.4 Å². The molecular weight excluding hydrogens is 238 g/mol. The van der Waals surface area contributed by atoms with E-state index in [0.29, 0.717) is 0 Å². The highest BCUT2D eigenvalue weighted by Crippen LogP contribution is 2.24. The molecule has 100 valence electrons. The molecule has 1 heterocycles. The molecule has 0 radical (unpaired) electrons. The lowest BCUT2D eigenvalue weighted by atomic mass is 10.0. The molecule has 1 unspecified atom stereocenters. The summed E-state index contributed by atoms with van der Waals surface area (Å²) in [5, 5.41) is 12.7. The van der Waals surface area contributed by atoms with Crippen molar-refractivity contribution >= 4 is 0 Å². The molecule has 5 heteroatoms. The van der Waals surface area contributed by atoms with Gasteiger partial charge in [0, 0.05) is 25.2 Å². The van der Waals surface area contributed by atoms with Gasteiger partial charge in [0.05, 0.1) is 12.6 Å². The van der Waals surface area contributed by atoms with Crippen molar-refractivity contribution in [3.63, 3.8) is 0 Å². The Hall–Kier alpha value is -1.04. The Morgan fingerprint density at radius 3 is 2.89 bits per heavy atom. The van der Waals surface area contributed by atoms with Crippen molar-refractivity contribution in [2.45, 2.75) is 12.5 Å². The van der Waals surface area contributed by atoms with Crippen LogP contribution in [0, 0.1) is 11.6 Å². The number of rotatable bonds is 3. The molecular formula is C13H18F2N2O. The van der Waals surface area contributed by atoms with E-state index in [4.69, 9.17) is 0 Å². The van der Waals surface area contributed by atoms with Gasteiger partial charge in [-0.05, 0) is 19.0 Å². The predicted molar refractivity (Wildman–Crippen MR) is 65.2 cm³/mol. The van der Waals surface area contributed by atoms with E-state index in [1.54, 1.807) is 0 Å². The van der Waals surface area contributed by atoms with Crippen molar-refractivity contribution in [1.82, 2.24) is 10.2 Å². The fourth-order valence-corrected chi connectivity index (χ4v) is 2.37. The molecule has 0 saturated carbocycles. The Kier molecular flexibility index (Phi) is 4.63. The molecule has 1 atom stereocenters. The summed E-state index contributed by atoms with van der Waals surface area (Å²) in [6.07, 6.45) is 0.938. The van der Waals surface area contributed by atoms with Crippen LogP contribution in [0.3, 0.4) is 0 Å². The molecule has 3 nitrogen and oxygen atoms in total. The Morgan fingerprint density at radius 2 is 2.11 bits per heavy atom. The number of benzene rings is 1. The Balaban J connectivity index is 2.23. The summed E-state index contributed by atoms with van der Waals surface area (Å²) in [5.74, 6) is -1.72. The lowest BCUT2D eigenvalue weighted by Gasteiger charge is -2.29. The van der Waals surface area contributed by atoms with Gasteiger partial charge in [0.25, 0.3) is 0 Å². The fraction of sp³-hybridized carbons (Fsp3) is 0.538. The van der Waals surface area contributed by atoms with Crippen LogP contribution in [0.5, 0.6) is 0 Å². The number of halogens is 2. The second-order valence-electron chi connectivity index (χ2n) is 4.48. The number of nitrogens with one attached hydrogen (secondary N) is 1. The van der Waals surface area contributed by atoms with Gasteiger partial charge in [-0.15, -0.1) is 0 Å². The maximum Gasteiger partial charge on any atom is 0.163 e. The largest absolute Gasteiger partial charge is 0.394 e. The maximum absolute atomic E-state index is 13.8. The van der Waals surface area contributed by atoms with E-state index in [1.807, 2.05) is 4.90 Å². The van der Waals surface area contributed by atoms with Crippen LogP contribution in [0.4, 0.5) is 8.78 Å². The normalized spacial score (nSPS) is 19.5. The van der Waals surface area contributed by atoms with E-state index >= 15 is 0 Å². The minimum absolute atomic E-state index is 0.208. The molecule has 2 N–H and O–H groups in total. The zero-order valence-electron chi connectivity index (χ0n) is 10.2. The van der Waals surface area contributed by atoms with E-state index in [2.05, 4.69) is 5.32 Å². The van der Waals surface area contributed by atoms with Crippen LogP contribution in [0.1, 0.15) is 18.0 Å². The molecule has 1 aliphatic heterocycles. The van der Waals surface area contributed by atoms with Gasteiger partial charge in [-0.25, -0.2) is 8.78 Å². The molecule has 0 bridgehead atoms. The molecule has 0 aliphatic carbocycles. The maximum atomic E-state index is 13.8. The molecule has 18 heavy (non-hydrogen) atoms. The third-order valence-electron chi connectivity index (χ3n) is 3.33. The van der Waals surface area contributed by atoms with Gasteiger partial charge in [0.15, 0.2) is 11.6 Å². The van der Waals surface area contributed by atoms with Crippen molar-refractivity contribution in [2.24, 2.45) is 0 Å². The second-order valence-corrected chi connectivity index (χ2v) is 4.48. The van der Waals surface area contributed by atoms with Crippen molar-refractivity contribution in [2.75, 3.05) is 32.8 Å². The van der Waals surface area contributed by atoms with Crippen molar-refractivity contribution < 1.29 is 13.9 Å². The highest BCUT2D eigenvalue weighted by Gasteiger charge is 2.24. The van der Waals surface area contributed by atoms with Gasteiger partial charge in [0.1, 0.15) is 0 Å². The summed E-state index contributed by atoms with van der Waals surface area (Å²) in [6, 6.07) is 3.64. The number of hydrogen-bond acceptors (Lipinski definition) is 3. The van der Waals surface area contributed by atoms with Crippen LogP contribution in [0.15, 0.2) is 18.2 Å². The highest BCUT2D eigenvalue weighted by molar-refractivity contribution is 5.23. The van der Waals surface area contributed by atoms with Gasteiger partial charge >= 0.3 is 0 Å². The number of nitrogens with zero attached hydrogens (tertiary/aromatic N) is 1. The Labute approximate surface area is 105 Å². The molecule has 0 amide bonds. The van der Waals surface area contributed by atoms with Gasteiger partial charge < -0.3 is 10.4 Å². The third kappa shape index (κ3) is 2.85. The van der Waals surface area contributed by atoms with Crippen LogP contribution < -0.4 is 5.32 Å². The summed E-state index contributed by atoms with van der Waals surface area (Å²) in [5.41, 5.74) is 0.236. The molecule has 1 aromatic rings.